The van der Waals surface area contributed by atoms with E-state index in [4.69, 9.17) is 17.3 Å². The number of carboxylic acids is 1. The number of aromatic hydroxyl groups is 1. The number of aliphatic carboxylic acids is 1. The van der Waals surface area contributed by atoms with Gasteiger partial charge in [-0.15, -0.1) is 0 Å². The van der Waals surface area contributed by atoms with Crippen molar-refractivity contribution in [2.24, 2.45) is 0 Å². The highest BCUT2D eigenvalue weighted by Gasteiger charge is 2.33. The zero-order chi connectivity index (χ0) is 20.4. The summed E-state index contributed by atoms with van der Waals surface area (Å²) >= 11 is 6.26. The van der Waals surface area contributed by atoms with Crippen LogP contribution in [0.5, 0.6) is 5.75 Å². The lowest BCUT2D eigenvalue weighted by atomic mass is 10.1. The van der Waals surface area contributed by atoms with Crippen LogP contribution in [-0.2, 0) is 16.0 Å². The predicted molar refractivity (Wildman–Crippen MR) is 108 cm³/mol. The van der Waals surface area contributed by atoms with Gasteiger partial charge in [-0.1, -0.05) is 36.1 Å². The first-order valence-electron chi connectivity index (χ1n) is 7.82. The number of phenolic OH excluding ortho intramolecular Hbond substituents is 1. The van der Waals surface area contributed by atoms with Gasteiger partial charge in [0.25, 0.3) is 11.6 Å². The zero-order valence-electron chi connectivity index (χ0n) is 14.1. The summed E-state index contributed by atoms with van der Waals surface area (Å²) in [6.07, 6.45) is 1.21. The number of nitrogens with zero attached hydrogens (tertiary/aromatic N) is 2. The molecule has 1 aliphatic rings. The number of nitro benzene ring substituents is 1. The number of carbonyl (C=O) groups excluding carboxylic acids is 1. The second-order valence-corrected chi connectivity index (χ2v) is 7.43. The van der Waals surface area contributed by atoms with Crippen molar-refractivity contribution in [2.75, 3.05) is 4.90 Å². The number of anilines is 1. The van der Waals surface area contributed by atoms with Gasteiger partial charge >= 0.3 is 5.97 Å². The predicted octanol–water partition coefficient (Wildman–Crippen LogP) is 3.33. The van der Waals surface area contributed by atoms with Gasteiger partial charge in [-0.05, 0) is 29.8 Å². The van der Waals surface area contributed by atoms with Crippen LogP contribution in [0.4, 0.5) is 11.4 Å². The third-order valence-electron chi connectivity index (χ3n) is 3.85. The summed E-state index contributed by atoms with van der Waals surface area (Å²) in [6, 6.07) is 9.90. The number of rotatable bonds is 5. The first-order valence-corrected chi connectivity index (χ1v) is 9.05. The minimum absolute atomic E-state index is 0.131. The molecular formula is C18H12N2O6S2. The fraction of sp³-hybridized carbons (Fsp3) is 0.0556. The van der Waals surface area contributed by atoms with Gasteiger partial charge in [-0.3, -0.25) is 24.6 Å². The Morgan fingerprint density at radius 2 is 1.93 bits per heavy atom. The number of amides is 1. The van der Waals surface area contributed by atoms with Crippen LogP contribution in [0.15, 0.2) is 47.4 Å². The van der Waals surface area contributed by atoms with E-state index in [1.54, 1.807) is 24.3 Å². The zero-order valence-corrected chi connectivity index (χ0v) is 15.7. The van der Waals surface area contributed by atoms with Crippen molar-refractivity contribution in [3.63, 3.8) is 0 Å². The summed E-state index contributed by atoms with van der Waals surface area (Å²) in [5.41, 5.74) is 0.974. The molecular weight excluding hydrogens is 404 g/mol. The number of thiocarbonyl (C=S) groups is 1. The van der Waals surface area contributed by atoms with Gasteiger partial charge in [0.1, 0.15) is 5.75 Å². The Hall–Kier alpha value is -3.24. The van der Waals surface area contributed by atoms with Crippen molar-refractivity contribution < 1.29 is 24.7 Å². The molecule has 142 valence electrons. The van der Waals surface area contributed by atoms with Gasteiger partial charge < -0.3 is 10.2 Å². The van der Waals surface area contributed by atoms with Crippen LogP contribution in [-0.4, -0.2) is 31.3 Å². The van der Waals surface area contributed by atoms with E-state index >= 15 is 0 Å². The third-order valence-corrected chi connectivity index (χ3v) is 5.15. The average Bonchev–Trinajstić information content (AvgIpc) is 2.90. The molecule has 10 heteroatoms. The van der Waals surface area contributed by atoms with Crippen molar-refractivity contribution in [1.29, 1.82) is 0 Å². The number of benzene rings is 2. The van der Waals surface area contributed by atoms with Crippen LogP contribution < -0.4 is 4.90 Å². The Morgan fingerprint density at radius 1 is 1.25 bits per heavy atom. The Bertz CT molecular complexity index is 1030. The number of hydrogen-bond acceptors (Lipinski definition) is 7. The van der Waals surface area contributed by atoms with Crippen molar-refractivity contribution >= 4 is 57.6 Å². The average molecular weight is 416 g/mol. The maximum atomic E-state index is 12.8. The molecule has 2 N–H and O–H groups in total. The molecule has 1 aliphatic heterocycles. The third kappa shape index (κ3) is 4.02. The van der Waals surface area contributed by atoms with Crippen LogP contribution in [0.1, 0.15) is 11.1 Å². The van der Waals surface area contributed by atoms with E-state index in [2.05, 4.69) is 0 Å². The number of nitro groups is 1. The topological polar surface area (TPSA) is 121 Å². The van der Waals surface area contributed by atoms with Gasteiger partial charge in [0, 0.05) is 17.7 Å². The van der Waals surface area contributed by atoms with E-state index in [0.29, 0.717) is 11.3 Å². The molecule has 0 aliphatic carbocycles. The molecule has 0 saturated carbocycles. The van der Waals surface area contributed by atoms with Crippen LogP contribution in [0.3, 0.4) is 0 Å². The Morgan fingerprint density at radius 3 is 2.54 bits per heavy atom. The van der Waals surface area contributed by atoms with Gasteiger partial charge in [0.05, 0.1) is 21.9 Å². The highest BCUT2D eigenvalue weighted by atomic mass is 32.2. The van der Waals surface area contributed by atoms with Gasteiger partial charge in [0.2, 0.25) is 0 Å². The van der Waals surface area contributed by atoms with Gasteiger partial charge in [-0.2, -0.15) is 0 Å². The number of carbonyl (C=O) groups is 2. The van der Waals surface area contributed by atoms with Crippen molar-refractivity contribution in [3.8, 4) is 5.75 Å². The van der Waals surface area contributed by atoms with Crippen LogP contribution in [0.25, 0.3) is 6.08 Å². The molecule has 0 spiro atoms. The molecule has 0 unspecified atom stereocenters. The lowest BCUT2D eigenvalue weighted by Crippen LogP contribution is -2.27. The monoisotopic (exact) mass is 416 g/mol. The first kappa shape index (κ1) is 19.5. The van der Waals surface area contributed by atoms with Crippen LogP contribution in [0, 0.1) is 10.1 Å². The minimum Gasteiger partial charge on any atom is -0.507 e. The molecule has 8 nitrogen and oxygen atoms in total. The molecule has 0 bridgehead atoms. The normalized spacial score (nSPS) is 15.3. The van der Waals surface area contributed by atoms with Crippen molar-refractivity contribution in [2.45, 2.75) is 6.42 Å². The lowest BCUT2D eigenvalue weighted by molar-refractivity contribution is -0.384. The van der Waals surface area contributed by atoms with Gasteiger partial charge in [0.15, 0.2) is 4.32 Å². The van der Waals surface area contributed by atoms with E-state index < -0.39 is 16.8 Å². The summed E-state index contributed by atoms with van der Waals surface area (Å²) in [5, 5.41) is 29.7. The molecule has 1 fully saturated rings. The highest BCUT2D eigenvalue weighted by Crippen LogP contribution is 2.37. The smallest absolute Gasteiger partial charge is 0.307 e. The standard InChI is InChI=1S/C18H12N2O6S2/c21-14-6-5-13(20(25)26)8-11(14)9-15-17(24)19(18(27)28-15)12-3-1-10(2-4-12)7-16(22)23/h1-6,8-9,21H,7H2,(H,22,23)/b15-9-. The second-order valence-electron chi connectivity index (χ2n) is 5.75. The van der Waals surface area contributed by atoms with Crippen molar-refractivity contribution in [1.82, 2.24) is 0 Å². The number of carboxylic acid groups (broad SMARTS) is 1. The number of thioether (sulfide) groups is 1. The maximum Gasteiger partial charge on any atom is 0.307 e. The fourth-order valence-electron chi connectivity index (χ4n) is 2.54. The second kappa shape index (κ2) is 7.79. The minimum atomic E-state index is -0.960. The molecule has 2 aromatic rings. The quantitative estimate of drug-likeness (QED) is 0.329. The first-order chi connectivity index (χ1) is 13.3. The van der Waals surface area contributed by atoms with E-state index in [1.165, 1.54) is 23.1 Å². The largest absolute Gasteiger partial charge is 0.507 e. The highest BCUT2D eigenvalue weighted by molar-refractivity contribution is 8.27. The number of phenols is 1. The number of hydrogen-bond donors (Lipinski definition) is 2. The van der Waals surface area contributed by atoms with Crippen molar-refractivity contribution in [3.05, 3.63) is 68.6 Å². The Labute approximate surface area is 168 Å². The molecule has 1 saturated heterocycles. The maximum absolute atomic E-state index is 12.8. The molecule has 0 radical (unpaired) electrons. The molecule has 0 atom stereocenters. The molecule has 2 aromatic carbocycles. The van der Waals surface area contributed by atoms with E-state index in [0.717, 1.165) is 17.8 Å². The van der Waals surface area contributed by atoms with E-state index in [-0.39, 0.29) is 32.6 Å². The molecule has 0 aromatic heterocycles. The molecule has 1 heterocycles. The molecule has 28 heavy (non-hydrogen) atoms. The van der Waals surface area contributed by atoms with Crippen LogP contribution in [0.2, 0.25) is 0 Å². The summed E-state index contributed by atoms with van der Waals surface area (Å²) < 4.78 is 0.257. The van der Waals surface area contributed by atoms with E-state index in [9.17, 15) is 24.8 Å². The number of non-ortho nitro benzene ring substituents is 1. The summed E-state index contributed by atoms with van der Waals surface area (Å²) in [4.78, 5) is 35.3. The SMILES string of the molecule is O=C(O)Cc1ccc(N2C(=O)/C(=C/c3cc([N+](=O)[O-])ccc3O)SC2=S)cc1. The fourth-order valence-corrected chi connectivity index (χ4v) is 3.83. The summed E-state index contributed by atoms with van der Waals surface area (Å²) in [5.74, 6) is -1.60. The Balaban J connectivity index is 1.90. The summed E-state index contributed by atoms with van der Waals surface area (Å²) in [6.45, 7) is 0. The van der Waals surface area contributed by atoms with E-state index in [1.807, 2.05) is 0 Å². The Kier molecular flexibility index (Phi) is 5.43. The molecule has 1 amide bonds. The van der Waals surface area contributed by atoms with Gasteiger partial charge in [-0.25, -0.2) is 0 Å². The lowest BCUT2D eigenvalue weighted by Gasteiger charge is -2.14. The summed E-state index contributed by atoms with van der Waals surface area (Å²) in [7, 11) is 0. The van der Waals surface area contributed by atoms with Crippen LogP contribution >= 0.6 is 24.0 Å². The molecule has 3 rings (SSSR count).